The van der Waals surface area contributed by atoms with E-state index in [0.717, 1.165) is 19.3 Å². The first kappa shape index (κ1) is 13.8. The van der Waals surface area contributed by atoms with Gasteiger partial charge in [-0.3, -0.25) is 0 Å². The minimum absolute atomic E-state index is 0.0152. The highest BCUT2D eigenvalue weighted by Crippen LogP contribution is 2.30. The average molecular weight is 285 g/mol. The van der Waals surface area contributed by atoms with E-state index in [9.17, 15) is 4.79 Å². The molecular weight excluding hydrogens is 272 g/mol. The van der Waals surface area contributed by atoms with Gasteiger partial charge in [0, 0.05) is 19.0 Å². The molecule has 0 aromatic heterocycles. The van der Waals surface area contributed by atoms with Gasteiger partial charge in [0.2, 0.25) is 0 Å². The Morgan fingerprint density at radius 1 is 1.50 bits per heavy atom. The van der Waals surface area contributed by atoms with Gasteiger partial charge in [-0.2, -0.15) is 0 Å². The minimum atomic E-state index is -2.02. The average Bonchev–Trinajstić information content (AvgIpc) is 2.16. The summed E-state index contributed by atoms with van der Waals surface area (Å²) in [5.74, 6) is 2.54. The zero-order valence-corrected chi connectivity index (χ0v) is 10.9. The Morgan fingerprint density at radius 3 is 2.75 bits per heavy atom. The molecule has 1 unspecified atom stereocenters. The molecule has 0 saturated carbocycles. The van der Waals surface area contributed by atoms with E-state index < -0.39 is 10.1 Å². The number of carbonyl (C=O) groups excluding carboxylic acids is 1. The maximum Gasteiger partial charge on any atom is 0.413 e. The van der Waals surface area contributed by atoms with E-state index in [4.69, 9.17) is 41.2 Å². The molecule has 1 aliphatic rings. The Bertz CT molecular complexity index is 295. The van der Waals surface area contributed by atoms with Gasteiger partial charge >= 0.3 is 10.1 Å². The van der Waals surface area contributed by atoms with Gasteiger partial charge < -0.3 is 9.64 Å². The van der Waals surface area contributed by atoms with E-state index in [1.54, 1.807) is 0 Å². The quantitative estimate of drug-likeness (QED) is 0.546. The van der Waals surface area contributed by atoms with Crippen molar-refractivity contribution >= 4 is 40.9 Å². The second kappa shape index (κ2) is 5.86. The zero-order valence-electron chi connectivity index (χ0n) is 8.59. The van der Waals surface area contributed by atoms with Crippen LogP contribution < -0.4 is 0 Å². The standard InChI is InChI=1S/C10H12Cl3NO2/c1-2-5-8-6-3-4-7-14(8)9(15)16-10(11,12)13/h1,8H,3-7H2. The molecule has 1 rings (SSSR count). The Balaban J connectivity index is 2.61. The first-order valence-electron chi connectivity index (χ1n) is 4.94. The van der Waals surface area contributed by atoms with Crippen molar-refractivity contribution in [3.8, 4) is 12.3 Å². The number of hydrogen-bond donors (Lipinski definition) is 0. The molecule has 1 atom stereocenters. The Morgan fingerprint density at radius 2 is 2.19 bits per heavy atom. The molecular formula is C10H12Cl3NO2. The van der Waals surface area contributed by atoms with Crippen LogP contribution >= 0.6 is 34.8 Å². The highest BCUT2D eigenvalue weighted by molar-refractivity contribution is 6.66. The lowest BCUT2D eigenvalue weighted by Crippen LogP contribution is -2.45. The van der Waals surface area contributed by atoms with Gasteiger partial charge in [0.1, 0.15) is 0 Å². The van der Waals surface area contributed by atoms with Crippen LogP contribution in [0.25, 0.3) is 0 Å². The van der Waals surface area contributed by atoms with Crippen LogP contribution in [0.15, 0.2) is 0 Å². The first-order valence-corrected chi connectivity index (χ1v) is 6.07. The van der Waals surface area contributed by atoms with E-state index in [-0.39, 0.29) is 6.04 Å². The maximum absolute atomic E-state index is 11.7. The van der Waals surface area contributed by atoms with Crippen molar-refractivity contribution in [3.63, 3.8) is 0 Å². The smallest absolute Gasteiger partial charge is 0.398 e. The lowest BCUT2D eigenvalue weighted by Gasteiger charge is -2.34. The van der Waals surface area contributed by atoms with E-state index in [1.165, 1.54) is 4.90 Å². The molecule has 1 saturated heterocycles. The molecule has 1 amide bonds. The lowest BCUT2D eigenvalue weighted by molar-refractivity contribution is 0.0723. The second-order valence-electron chi connectivity index (χ2n) is 3.56. The van der Waals surface area contributed by atoms with E-state index in [1.807, 2.05) is 0 Å². The molecule has 1 fully saturated rings. The first-order chi connectivity index (χ1) is 7.44. The zero-order chi connectivity index (χ0) is 12.2. The molecule has 6 heteroatoms. The number of halogens is 3. The summed E-state index contributed by atoms with van der Waals surface area (Å²) in [5, 5.41) is 0. The van der Waals surface area contributed by atoms with Crippen molar-refractivity contribution in [1.82, 2.24) is 4.90 Å². The molecule has 0 spiro atoms. The van der Waals surface area contributed by atoms with Crippen LogP contribution in [0.2, 0.25) is 0 Å². The molecule has 1 aliphatic heterocycles. The molecule has 0 bridgehead atoms. The SMILES string of the molecule is C#CCC1CCCCN1C(=O)OC(Cl)(Cl)Cl. The summed E-state index contributed by atoms with van der Waals surface area (Å²) in [6, 6.07) is -0.0152. The summed E-state index contributed by atoms with van der Waals surface area (Å²) >= 11 is 16.2. The molecule has 0 radical (unpaired) electrons. The fourth-order valence-corrected chi connectivity index (χ4v) is 1.94. The number of rotatable bonds is 1. The van der Waals surface area contributed by atoms with Crippen molar-refractivity contribution in [2.75, 3.05) is 6.54 Å². The van der Waals surface area contributed by atoms with Gasteiger partial charge in [-0.15, -0.1) is 12.3 Å². The van der Waals surface area contributed by atoms with Crippen molar-refractivity contribution in [2.45, 2.75) is 35.7 Å². The summed E-state index contributed by atoms with van der Waals surface area (Å²) in [5.41, 5.74) is 0. The van der Waals surface area contributed by atoms with Crippen LogP contribution in [-0.4, -0.2) is 27.6 Å². The third-order valence-electron chi connectivity index (χ3n) is 2.42. The van der Waals surface area contributed by atoms with Gasteiger partial charge in [-0.1, -0.05) is 0 Å². The monoisotopic (exact) mass is 283 g/mol. The summed E-state index contributed by atoms with van der Waals surface area (Å²) in [6.45, 7) is 0.589. The van der Waals surface area contributed by atoms with Crippen LogP contribution in [0.1, 0.15) is 25.7 Å². The fraction of sp³-hybridized carbons (Fsp3) is 0.700. The Kier molecular flexibility index (Phi) is 5.04. The molecule has 3 nitrogen and oxygen atoms in total. The lowest BCUT2D eigenvalue weighted by atomic mass is 10.0. The van der Waals surface area contributed by atoms with Crippen molar-refractivity contribution < 1.29 is 9.53 Å². The summed E-state index contributed by atoms with van der Waals surface area (Å²) in [6.07, 6.45) is 7.93. The van der Waals surface area contributed by atoms with Gasteiger partial charge in [0.25, 0.3) is 0 Å². The summed E-state index contributed by atoms with van der Waals surface area (Å²) in [4.78, 5) is 13.2. The molecule has 1 heterocycles. The van der Waals surface area contributed by atoms with Crippen molar-refractivity contribution in [3.05, 3.63) is 0 Å². The largest absolute Gasteiger partial charge is 0.413 e. The number of carbonyl (C=O) groups is 1. The van der Waals surface area contributed by atoms with Gasteiger partial charge in [-0.25, -0.2) is 4.79 Å². The third-order valence-corrected chi connectivity index (χ3v) is 2.65. The highest BCUT2D eigenvalue weighted by Gasteiger charge is 2.33. The Hall–Kier alpha value is -0.300. The van der Waals surface area contributed by atoms with Crippen LogP contribution in [-0.2, 0) is 4.74 Å². The number of hydrogen-bond acceptors (Lipinski definition) is 2. The summed E-state index contributed by atoms with van der Waals surface area (Å²) < 4.78 is 2.65. The Labute approximate surface area is 110 Å². The van der Waals surface area contributed by atoms with Crippen LogP contribution in [0.5, 0.6) is 0 Å². The molecule has 0 N–H and O–H groups in total. The fourth-order valence-electron chi connectivity index (χ4n) is 1.75. The predicted molar refractivity (Wildman–Crippen MR) is 64.6 cm³/mol. The van der Waals surface area contributed by atoms with Crippen LogP contribution in [0, 0.1) is 12.3 Å². The molecule has 16 heavy (non-hydrogen) atoms. The second-order valence-corrected chi connectivity index (χ2v) is 5.74. The number of nitrogens with zero attached hydrogens (tertiary/aromatic N) is 1. The van der Waals surface area contributed by atoms with Crippen LogP contribution in [0.3, 0.4) is 0 Å². The van der Waals surface area contributed by atoms with Gasteiger partial charge in [0.05, 0.1) is 0 Å². The van der Waals surface area contributed by atoms with Gasteiger partial charge in [-0.05, 0) is 54.1 Å². The molecule has 0 aromatic carbocycles. The maximum atomic E-state index is 11.7. The minimum Gasteiger partial charge on any atom is -0.398 e. The molecule has 0 aliphatic carbocycles. The molecule has 0 aromatic rings. The van der Waals surface area contributed by atoms with E-state index >= 15 is 0 Å². The predicted octanol–water partition coefficient (Wildman–Crippen LogP) is 3.33. The van der Waals surface area contributed by atoms with E-state index in [0.29, 0.717) is 13.0 Å². The molecule has 90 valence electrons. The van der Waals surface area contributed by atoms with Crippen molar-refractivity contribution in [2.24, 2.45) is 0 Å². The summed E-state index contributed by atoms with van der Waals surface area (Å²) in [7, 11) is 0. The topological polar surface area (TPSA) is 29.5 Å². The third kappa shape index (κ3) is 4.29. The normalized spacial score (nSPS) is 21.4. The number of amides is 1. The van der Waals surface area contributed by atoms with Crippen molar-refractivity contribution in [1.29, 1.82) is 0 Å². The van der Waals surface area contributed by atoms with E-state index in [2.05, 4.69) is 10.7 Å². The highest BCUT2D eigenvalue weighted by atomic mass is 35.6. The number of piperidine rings is 1. The number of alkyl halides is 3. The van der Waals surface area contributed by atoms with Gasteiger partial charge in [0.15, 0.2) is 0 Å². The number of terminal acetylenes is 1. The number of likely N-dealkylation sites (tertiary alicyclic amines) is 1. The van der Waals surface area contributed by atoms with Crippen LogP contribution in [0.4, 0.5) is 4.79 Å². The number of ether oxygens (including phenoxy) is 1.